The Morgan fingerprint density at radius 3 is 2.73 bits per heavy atom. The van der Waals surface area contributed by atoms with Crippen molar-refractivity contribution in [3.05, 3.63) is 17.0 Å². The molecule has 118 valence electrons. The van der Waals surface area contributed by atoms with Crippen molar-refractivity contribution >= 4 is 23.3 Å². The largest absolute Gasteiger partial charge is 0.369 e. The number of nitrogens with one attached hydrogen (secondary N) is 1. The Balaban J connectivity index is 1.29. The van der Waals surface area contributed by atoms with Gasteiger partial charge < -0.3 is 10.2 Å². The lowest BCUT2D eigenvalue weighted by atomic mass is 9.83. The van der Waals surface area contributed by atoms with Crippen molar-refractivity contribution in [3.8, 4) is 0 Å². The minimum Gasteiger partial charge on any atom is -0.369 e. The fourth-order valence-electron chi connectivity index (χ4n) is 3.24. The van der Waals surface area contributed by atoms with Gasteiger partial charge in [0.15, 0.2) is 0 Å². The van der Waals surface area contributed by atoms with Crippen LogP contribution in [0.1, 0.15) is 43.6 Å². The molecule has 1 aromatic heterocycles. The Labute approximate surface area is 135 Å². The first-order valence-corrected chi connectivity index (χ1v) is 8.63. The zero-order chi connectivity index (χ0) is 15.1. The van der Waals surface area contributed by atoms with Gasteiger partial charge in [-0.25, -0.2) is 9.97 Å². The van der Waals surface area contributed by atoms with Crippen LogP contribution < -0.4 is 5.32 Å². The number of rotatable bonds is 5. The van der Waals surface area contributed by atoms with E-state index in [1.165, 1.54) is 24.8 Å². The summed E-state index contributed by atoms with van der Waals surface area (Å²) in [6.45, 7) is 2.60. The Hall–Kier alpha value is -1.36. The molecular formula is C16H21ClN4O. The highest BCUT2D eigenvalue weighted by atomic mass is 35.5. The summed E-state index contributed by atoms with van der Waals surface area (Å²) in [6.07, 6.45) is 7.67. The molecule has 4 rings (SSSR count). The van der Waals surface area contributed by atoms with Crippen LogP contribution in [0.2, 0.25) is 5.28 Å². The van der Waals surface area contributed by atoms with Gasteiger partial charge in [-0.15, -0.1) is 0 Å². The maximum Gasteiger partial charge on any atom is 0.225 e. The lowest BCUT2D eigenvalue weighted by molar-refractivity contribution is -0.144. The Morgan fingerprint density at radius 1 is 1.32 bits per heavy atom. The van der Waals surface area contributed by atoms with Gasteiger partial charge >= 0.3 is 0 Å². The van der Waals surface area contributed by atoms with Crippen LogP contribution in [0.4, 0.5) is 5.82 Å². The molecule has 22 heavy (non-hydrogen) atoms. The van der Waals surface area contributed by atoms with Gasteiger partial charge in [0.05, 0.1) is 0 Å². The number of likely N-dealkylation sites (tertiary alicyclic amines) is 1. The maximum atomic E-state index is 12.1. The van der Waals surface area contributed by atoms with Crippen molar-refractivity contribution in [2.45, 2.75) is 38.0 Å². The van der Waals surface area contributed by atoms with Crippen molar-refractivity contribution in [1.29, 1.82) is 0 Å². The third-order valence-corrected chi connectivity index (χ3v) is 5.27. The SMILES string of the molecule is O=C(C1CCC1)N1CC(CNc2nc(Cl)ncc2C2CC2)C1. The Kier molecular flexibility index (Phi) is 3.68. The number of amides is 1. The van der Waals surface area contributed by atoms with Crippen molar-refractivity contribution in [2.75, 3.05) is 25.0 Å². The van der Waals surface area contributed by atoms with Gasteiger partial charge in [-0.3, -0.25) is 4.79 Å². The van der Waals surface area contributed by atoms with Gasteiger partial charge in [0, 0.05) is 43.2 Å². The average molecular weight is 321 g/mol. The number of halogens is 1. The first kappa shape index (κ1) is 14.2. The van der Waals surface area contributed by atoms with E-state index in [-0.39, 0.29) is 0 Å². The van der Waals surface area contributed by atoms with Crippen LogP contribution in [-0.4, -0.2) is 40.4 Å². The molecular weight excluding hydrogens is 300 g/mol. The summed E-state index contributed by atoms with van der Waals surface area (Å²) in [7, 11) is 0. The second-order valence-corrected chi connectivity index (χ2v) is 7.17. The smallest absolute Gasteiger partial charge is 0.225 e. The third-order valence-electron chi connectivity index (χ3n) is 5.09. The van der Waals surface area contributed by atoms with Crippen molar-refractivity contribution < 1.29 is 4.79 Å². The second kappa shape index (κ2) is 5.69. The second-order valence-electron chi connectivity index (χ2n) is 6.84. The molecule has 1 amide bonds. The van der Waals surface area contributed by atoms with Gasteiger partial charge in [0.2, 0.25) is 11.2 Å². The summed E-state index contributed by atoms with van der Waals surface area (Å²) in [4.78, 5) is 22.5. The third kappa shape index (κ3) is 2.78. The Morgan fingerprint density at radius 2 is 2.09 bits per heavy atom. The molecule has 1 N–H and O–H groups in total. The van der Waals surface area contributed by atoms with E-state index in [1.54, 1.807) is 0 Å². The van der Waals surface area contributed by atoms with Crippen LogP contribution in [0.25, 0.3) is 0 Å². The topological polar surface area (TPSA) is 58.1 Å². The van der Waals surface area contributed by atoms with E-state index in [9.17, 15) is 4.79 Å². The molecule has 0 aromatic carbocycles. The minimum atomic E-state index is 0.294. The molecule has 2 saturated carbocycles. The number of hydrogen-bond donors (Lipinski definition) is 1. The van der Waals surface area contributed by atoms with Crippen LogP contribution in [0.15, 0.2) is 6.20 Å². The highest BCUT2D eigenvalue weighted by Crippen LogP contribution is 2.42. The van der Waals surface area contributed by atoms with E-state index in [0.717, 1.165) is 38.3 Å². The van der Waals surface area contributed by atoms with Gasteiger partial charge in [0.1, 0.15) is 5.82 Å². The molecule has 3 aliphatic rings. The summed E-state index contributed by atoms with van der Waals surface area (Å²) in [5.74, 6) is 2.68. The van der Waals surface area contributed by atoms with Crippen molar-refractivity contribution in [1.82, 2.24) is 14.9 Å². The molecule has 2 aliphatic carbocycles. The van der Waals surface area contributed by atoms with Crippen LogP contribution in [0, 0.1) is 11.8 Å². The van der Waals surface area contributed by atoms with E-state index in [1.807, 2.05) is 11.1 Å². The number of nitrogens with zero attached hydrogens (tertiary/aromatic N) is 3. The average Bonchev–Trinajstić information content (AvgIpc) is 3.19. The predicted molar refractivity (Wildman–Crippen MR) is 84.9 cm³/mol. The summed E-state index contributed by atoms with van der Waals surface area (Å²) in [5, 5.41) is 3.71. The predicted octanol–water partition coefficient (Wildman–Crippen LogP) is 2.68. The molecule has 1 aliphatic heterocycles. The number of carbonyl (C=O) groups is 1. The summed E-state index contributed by atoms with van der Waals surface area (Å²) in [6, 6.07) is 0. The van der Waals surface area contributed by atoms with Gasteiger partial charge in [-0.1, -0.05) is 6.42 Å². The number of carbonyl (C=O) groups excluding carboxylic acids is 1. The number of aromatic nitrogens is 2. The van der Waals surface area contributed by atoms with Gasteiger partial charge in [-0.05, 0) is 43.2 Å². The van der Waals surface area contributed by atoms with Gasteiger partial charge in [0.25, 0.3) is 0 Å². The molecule has 6 heteroatoms. The zero-order valence-corrected chi connectivity index (χ0v) is 13.4. The lowest BCUT2D eigenvalue weighted by Gasteiger charge is -2.42. The molecule has 0 unspecified atom stereocenters. The zero-order valence-electron chi connectivity index (χ0n) is 12.6. The first-order chi connectivity index (χ1) is 10.7. The maximum absolute atomic E-state index is 12.1. The highest BCUT2D eigenvalue weighted by molar-refractivity contribution is 6.28. The molecule has 0 atom stereocenters. The highest BCUT2D eigenvalue weighted by Gasteiger charge is 2.36. The van der Waals surface area contributed by atoms with E-state index in [4.69, 9.17) is 11.6 Å². The van der Waals surface area contributed by atoms with E-state index < -0.39 is 0 Å². The van der Waals surface area contributed by atoms with Crippen LogP contribution in [0.5, 0.6) is 0 Å². The number of anilines is 1. The summed E-state index contributed by atoms with van der Waals surface area (Å²) in [5.41, 5.74) is 1.19. The monoisotopic (exact) mass is 320 g/mol. The fourth-order valence-corrected chi connectivity index (χ4v) is 3.37. The summed E-state index contributed by atoms with van der Waals surface area (Å²) < 4.78 is 0. The van der Waals surface area contributed by atoms with Crippen LogP contribution in [-0.2, 0) is 4.79 Å². The molecule has 2 heterocycles. The molecule has 0 bridgehead atoms. The number of hydrogen-bond acceptors (Lipinski definition) is 4. The molecule has 1 saturated heterocycles. The molecule has 0 radical (unpaired) electrons. The first-order valence-electron chi connectivity index (χ1n) is 8.26. The van der Waals surface area contributed by atoms with Crippen molar-refractivity contribution in [3.63, 3.8) is 0 Å². The standard InChI is InChI=1S/C16H21ClN4O/c17-16-19-7-13(11-4-5-11)14(20-16)18-6-10-8-21(9-10)15(22)12-2-1-3-12/h7,10-12H,1-6,8-9H2,(H,18,19,20). The fraction of sp³-hybridized carbons (Fsp3) is 0.688. The minimum absolute atomic E-state index is 0.294. The van der Waals surface area contributed by atoms with Crippen LogP contribution >= 0.6 is 11.6 Å². The normalized spacial score (nSPS) is 22.1. The van der Waals surface area contributed by atoms with Crippen LogP contribution in [0.3, 0.4) is 0 Å². The molecule has 0 spiro atoms. The molecule has 3 fully saturated rings. The van der Waals surface area contributed by atoms with Crippen molar-refractivity contribution in [2.24, 2.45) is 11.8 Å². The van der Waals surface area contributed by atoms with E-state index in [2.05, 4.69) is 15.3 Å². The quantitative estimate of drug-likeness (QED) is 0.847. The molecule has 5 nitrogen and oxygen atoms in total. The molecule has 1 aromatic rings. The van der Waals surface area contributed by atoms with E-state index >= 15 is 0 Å². The Bertz CT molecular complexity index is 580. The van der Waals surface area contributed by atoms with Gasteiger partial charge in [-0.2, -0.15) is 0 Å². The lowest BCUT2D eigenvalue weighted by Crippen LogP contribution is -2.54. The summed E-state index contributed by atoms with van der Waals surface area (Å²) >= 11 is 5.91. The van der Waals surface area contributed by atoms with E-state index in [0.29, 0.717) is 28.9 Å².